The Morgan fingerprint density at radius 2 is 1.76 bits per heavy atom. The van der Waals surface area contributed by atoms with Crippen LogP contribution in [-0.2, 0) is 9.47 Å². The first-order chi connectivity index (χ1) is 18.1. The summed E-state index contributed by atoms with van der Waals surface area (Å²) >= 11 is 0. The minimum absolute atomic E-state index is 0.0718. The van der Waals surface area contributed by atoms with Gasteiger partial charge in [0, 0.05) is 56.6 Å². The topological polar surface area (TPSA) is 92.8 Å². The molecule has 0 aromatic heterocycles. The Bertz CT molecular complexity index is 1030. The number of hydrogen-bond donors (Lipinski definition) is 1. The molecule has 0 aliphatic carbocycles. The number of amides is 3. The van der Waals surface area contributed by atoms with Gasteiger partial charge in [-0.1, -0.05) is 6.07 Å². The molecule has 2 saturated heterocycles. The van der Waals surface area contributed by atoms with Gasteiger partial charge in [-0.3, -0.25) is 9.69 Å². The first kappa shape index (κ1) is 26.7. The Morgan fingerprint density at radius 1 is 1.00 bits per heavy atom. The monoisotopic (exact) mass is 512 g/mol. The maximum Gasteiger partial charge on any atom is 0.322 e. The molecule has 10 nitrogen and oxygen atoms in total. The minimum atomic E-state index is -0.295. The third-order valence-electron chi connectivity index (χ3n) is 6.59. The van der Waals surface area contributed by atoms with E-state index < -0.39 is 0 Å². The molecule has 4 rings (SSSR count). The number of urea groups is 1. The summed E-state index contributed by atoms with van der Waals surface area (Å²) in [4.78, 5) is 32.3. The van der Waals surface area contributed by atoms with Crippen LogP contribution in [0.3, 0.4) is 0 Å². The fraction of sp³-hybridized carbons (Fsp3) is 0.481. The Balaban J connectivity index is 1.40. The zero-order chi connectivity index (χ0) is 26.0. The van der Waals surface area contributed by atoms with Crippen molar-refractivity contribution in [3.8, 4) is 11.5 Å². The lowest BCUT2D eigenvalue weighted by atomic mass is 10.1. The van der Waals surface area contributed by atoms with Gasteiger partial charge in [0.25, 0.3) is 5.91 Å². The smallest absolute Gasteiger partial charge is 0.322 e. The molecule has 2 aliphatic rings. The van der Waals surface area contributed by atoms with Gasteiger partial charge in [0.15, 0.2) is 0 Å². The van der Waals surface area contributed by atoms with E-state index in [9.17, 15) is 9.59 Å². The number of morpholine rings is 2. The highest BCUT2D eigenvalue weighted by atomic mass is 16.5. The van der Waals surface area contributed by atoms with Gasteiger partial charge in [-0.25, -0.2) is 4.79 Å². The molecule has 0 radical (unpaired) electrons. The van der Waals surface area contributed by atoms with E-state index in [0.717, 1.165) is 19.6 Å². The summed E-state index contributed by atoms with van der Waals surface area (Å²) in [6.07, 6.45) is -0.295. The normalized spacial score (nSPS) is 18.2. The lowest BCUT2D eigenvalue weighted by Crippen LogP contribution is -2.52. The maximum atomic E-state index is 13.5. The molecule has 3 amide bonds. The molecule has 2 aromatic rings. The highest BCUT2D eigenvalue weighted by Crippen LogP contribution is 2.19. The van der Waals surface area contributed by atoms with E-state index in [1.165, 1.54) is 0 Å². The highest BCUT2D eigenvalue weighted by Gasteiger charge is 2.28. The molecule has 2 fully saturated rings. The highest BCUT2D eigenvalue weighted by molar-refractivity contribution is 5.94. The molecule has 10 heteroatoms. The Morgan fingerprint density at radius 3 is 2.49 bits per heavy atom. The molecular weight excluding hydrogens is 476 g/mol. The van der Waals surface area contributed by atoms with E-state index in [2.05, 4.69) is 10.2 Å². The first-order valence-corrected chi connectivity index (χ1v) is 12.6. The lowest BCUT2D eigenvalue weighted by molar-refractivity contribution is -0.0282. The molecule has 2 aliphatic heterocycles. The SMILES string of the molecule is COc1ccc(C(=O)N(CCN2CCOCC2)CC2CN(C(=O)Nc3cccc(OC)c3)CCO2)cc1. The zero-order valence-corrected chi connectivity index (χ0v) is 21.6. The van der Waals surface area contributed by atoms with Crippen molar-refractivity contribution in [1.29, 1.82) is 0 Å². The van der Waals surface area contributed by atoms with Crippen LogP contribution < -0.4 is 14.8 Å². The molecule has 37 heavy (non-hydrogen) atoms. The van der Waals surface area contributed by atoms with E-state index in [-0.39, 0.29) is 18.0 Å². The second-order valence-electron chi connectivity index (χ2n) is 9.03. The summed E-state index contributed by atoms with van der Waals surface area (Å²) < 4.78 is 21.9. The average molecular weight is 513 g/mol. The lowest BCUT2D eigenvalue weighted by Gasteiger charge is -2.36. The van der Waals surface area contributed by atoms with E-state index >= 15 is 0 Å². The predicted molar refractivity (Wildman–Crippen MR) is 139 cm³/mol. The van der Waals surface area contributed by atoms with Gasteiger partial charge in [0.05, 0.1) is 46.7 Å². The summed E-state index contributed by atoms with van der Waals surface area (Å²) in [5.41, 5.74) is 1.25. The molecule has 1 atom stereocenters. The molecule has 0 spiro atoms. The largest absolute Gasteiger partial charge is 0.497 e. The predicted octanol–water partition coefficient (Wildman–Crippen LogP) is 2.41. The molecular formula is C27H36N4O6. The Labute approximate surface area is 218 Å². The van der Waals surface area contributed by atoms with Gasteiger partial charge in [-0.05, 0) is 36.4 Å². The first-order valence-electron chi connectivity index (χ1n) is 12.6. The van der Waals surface area contributed by atoms with E-state index in [0.29, 0.717) is 68.7 Å². The van der Waals surface area contributed by atoms with Crippen molar-refractivity contribution in [2.24, 2.45) is 0 Å². The Kier molecular flexibility index (Phi) is 9.58. The summed E-state index contributed by atoms with van der Waals surface area (Å²) in [7, 11) is 3.19. The van der Waals surface area contributed by atoms with Crippen molar-refractivity contribution in [1.82, 2.24) is 14.7 Å². The molecule has 2 aromatic carbocycles. The van der Waals surface area contributed by atoms with Crippen LogP contribution in [0.25, 0.3) is 0 Å². The summed E-state index contributed by atoms with van der Waals surface area (Å²) in [6.45, 7) is 6.07. The van der Waals surface area contributed by atoms with E-state index in [1.54, 1.807) is 49.5 Å². The second-order valence-corrected chi connectivity index (χ2v) is 9.03. The molecule has 0 saturated carbocycles. The molecule has 1 unspecified atom stereocenters. The number of ether oxygens (including phenoxy) is 4. The third kappa shape index (κ3) is 7.58. The quantitative estimate of drug-likeness (QED) is 0.552. The number of anilines is 1. The summed E-state index contributed by atoms with van der Waals surface area (Å²) in [5, 5.41) is 2.93. The molecule has 2 heterocycles. The van der Waals surface area contributed by atoms with Crippen molar-refractivity contribution < 1.29 is 28.5 Å². The van der Waals surface area contributed by atoms with Crippen molar-refractivity contribution in [2.45, 2.75) is 6.10 Å². The molecule has 200 valence electrons. The standard InChI is InChI=1S/C27H36N4O6/c1-34-23-8-6-21(7-9-23)26(32)30(11-10-29-12-15-36-16-13-29)19-25-20-31(14-17-37-25)27(33)28-22-4-3-5-24(18-22)35-2/h3-9,18,25H,10-17,19-20H2,1-2H3,(H,28,33). The van der Waals surface area contributed by atoms with Gasteiger partial charge in [0.1, 0.15) is 11.5 Å². The van der Waals surface area contributed by atoms with Crippen LogP contribution in [0.5, 0.6) is 11.5 Å². The van der Waals surface area contributed by atoms with Gasteiger partial charge in [0.2, 0.25) is 0 Å². The number of benzene rings is 2. The van der Waals surface area contributed by atoms with E-state index in [1.807, 2.05) is 23.1 Å². The van der Waals surface area contributed by atoms with Gasteiger partial charge in [-0.2, -0.15) is 0 Å². The number of carbonyl (C=O) groups is 2. The van der Waals surface area contributed by atoms with Crippen LogP contribution in [-0.4, -0.2) is 113 Å². The fourth-order valence-corrected chi connectivity index (χ4v) is 4.44. The number of methoxy groups -OCH3 is 2. The number of nitrogens with zero attached hydrogens (tertiary/aromatic N) is 3. The summed E-state index contributed by atoms with van der Waals surface area (Å²) in [6, 6.07) is 14.2. The minimum Gasteiger partial charge on any atom is -0.497 e. The number of carbonyl (C=O) groups excluding carboxylic acids is 2. The van der Waals surface area contributed by atoms with Crippen molar-refractivity contribution in [3.63, 3.8) is 0 Å². The van der Waals surface area contributed by atoms with E-state index in [4.69, 9.17) is 18.9 Å². The number of hydrogen-bond acceptors (Lipinski definition) is 7. The van der Waals surface area contributed by atoms with Gasteiger partial charge < -0.3 is 34.1 Å². The van der Waals surface area contributed by atoms with Crippen LogP contribution in [0.4, 0.5) is 10.5 Å². The van der Waals surface area contributed by atoms with Gasteiger partial charge in [-0.15, -0.1) is 0 Å². The van der Waals surface area contributed by atoms with Crippen molar-refractivity contribution >= 4 is 17.6 Å². The second kappa shape index (κ2) is 13.3. The van der Waals surface area contributed by atoms with Crippen molar-refractivity contribution in [2.75, 3.05) is 85.2 Å². The average Bonchev–Trinajstić information content (AvgIpc) is 2.95. The fourth-order valence-electron chi connectivity index (χ4n) is 4.44. The zero-order valence-electron chi connectivity index (χ0n) is 21.6. The maximum absolute atomic E-state index is 13.5. The van der Waals surface area contributed by atoms with Crippen molar-refractivity contribution in [3.05, 3.63) is 54.1 Å². The summed E-state index contributed by atoms with van der Waals surface area (Å²) in [5.74, 6) is 1.30. The van der Waals surface area contributed by atoms with Crippen LogP contribution in [0, 0.1) is 0 Å². The van der Waals surface area contributed by atoms with Crippen LogP contribution in [0.15, 0.2) is 48.5 Å². The number of nitrogens with one attached hydrogen (secondary N) is 1. The van der Waals surface area contributed by atoms with Crippen LogP contribution in [0.2, 0.25) is 0 Å². The number of rotatable bonds is 9. The Hall–Kier alpha value is -3.34. The molecule has 0 bridgehead atoms. The van der Waals surface area contributed by atoms with Crippen LogP contribution >= 0.6 is 0 Å². The van der Waals surface area contributed by atoms with Crippen LogP contribution in [0.1, 0.15) is 10.4 Å². The van der Waals surface area contributed by atoms with Gasteiger partial charge >= 0.3 is 6.03 Å². The molecule has 1 N–H and O–H groups in total. The third-order valence-corrected chi connectivity index (χ3v) is 6.59.